The largest absolute Gasteiger partial charge is 0.394 e. The summed E-state index contributed by atoms with van der Waals surface area (Å²) in [5.41, 5.74) is -2.07. The third-order valence-corrected chi connectivity index (χ3v) is 15.7. The van der Waals surface area contributed by atoms with Gasteiger partial charge in [-0.25, -0.2) is 0 Å². The lowest BCUT2D eigenvalue weighted by Crippen LogP contribution is -2.66. The van der Waals surface area contributed by atoms with E-state index in [1.807, 2.05) is 41.5 Å². The quantitative estimate of drug-likeness (QED) is 0.190. The molecule has 0 radical (unpaired) electrons. The minimum Gasteiger partial charge on any atom is -0.394 e. The van der Waals surface area contributed by atoms with E-state index in [0.717, 1.165) is 11.1 Å². The van der Waals surface area contributed by atoms with Gasteiger partial charge in [-0.3, -0.25) is 9.59 Å². The van der Waals surface area contributed by atoms with E-state index in [9.17, 15) is 40.5 Å². The summed E-state index contributed by atoms with van der Waals surface area (Å²) in [6, 6.07) is 0. The van der Waals surface area contributed by atoms with Crippen LogP contribution in [0, 0.1) is 39.4 Å². The summed E-state index contributed by atoms with van der Waals surface area (Å²) < 4.78 is 30.7. The van der Waals surface area contributed by atoms with Gasteiger partial charge in [0.15, 0.2) is 18.4 Å². The van der Waals surface area contributed by atoms with Crippen LogP contribution in [0.15, 0.2) is 23.3 Å². The van der Waals surface area contributed by atoms with E-state index in [2.05, 4.69) is 26.0 Å². The second-order valence-corrected chi connectivity index (χ2v) is 19.8. The Morgan fingerprint density at radius 2 is 1.54 bits per heavy atom. The fourth-order valence-electron chi connectivity index (χ4n) is 12.7. The van der Waals surface area contributed by atoms with Gasteiger partial charge in [-0.2, -0.15) is 0 Å². The summed E-state index contributed by atoms with van der Waals surface area (Å²) >= 11 is 0. The Morgan fingerprint density at radius 1 is 0.857 bits per heavy atom. The predicted octanol–water partition coefficient (Wildman–Crippen LogP) is 1.47. The summed E-state index contributed by atoms with van der Waals surface area (Å²) in [6.45, 7) is 16.7. The lowest BCUT2D eigenvalue weighted by atomic mass is 9.38. The summed E-state index contributed by atoms with van der Waals surface area (Å²) in [7, 11) is 0. The Morgan fingerprint density at radius 3 is 2.18 bits per heavy atom. The van der Waals surface area contributed by atoms with Gasteiger partial charge < -0.3 is 59.4 Å². The smallest absolute Gasteiger partial charge is 0.187 e. The van der Waals surface area contributed by atoms with Gasteiger partial charge in [-0.1, -0.05) is 44.1 Å². The normalized spacial score (nSPS) is 54.0. The maximum atomic E-state index is 15.0. The lowest BCUT2D eigenvalue weighted by molar-refractivity contribution is -0.368. The highest BCUT2D eigenvalue weighted by Crippen LogP contribution is 2.75. The summed E-state index contributed by atoms with van der Waals surface area (Å²) in [4.78, 5) is 29.5. The first-order valence-electron chi connectivity index (χ1n) is 20.4. The van der Waals surface area contributed by atoms with Gasteiger partial charge in [-0.05, 0) is 83.5 Å². The molecule has 56 heavy (non-hydrogen) atoms. The minimum atomic E-state index is -1.75. The van der Waals surface area contributed by atoms with Gasteiger partial charge in [-0.15, -0.1) is 0 Å². The molecule has 0 aromatic rings. The first-order valence-corrected chi connectivity index (χ1v) is 20.4. The highest BCUT2D eigenvalue weighted by atomic mass is 16.8. The summed E-state index contributed by atoms with van der Waals surface area (Å²) in [6.07, 6.45) is -10.7. The van der Waals surface area contributed by atoms with Crippen molar-refractivity contribution in [3.05, 3.63) is 23.3 Å². The molecule has 7 rings (SSSR count). The Balaban J connectivity index is 1.21. The summed E-state index contributed by atoms with van der Waals surface area (Å²) in [5, 5.41) is 75.7. The van der Waals surface area contributed by atoms with Crippen LogP contribution >= 0.6 is 0 Å². The number of carbonyl (C=O) groups excluding carboxylic acids is 2. The van der Waals surface area contributed by atoms with Gasteiger partial charge in [0.1, 0.15) is 54.6 Å². The molecule has 0 bridgehead atoms. The van der Waals surface area contributed by atoms with Crippen LogP contribution in [0.5, 0.6) is 0 Å². The van der Waals surface area contributed by atoms with Crippen LogP contribution in [-0.4, -0.2) is 139 Å². The molecule has 0 spiro atoms. The molecule has 0 aromatic carbocycles. The van der Waals surface area contributed by atoms with Crippen LogP contribution < -0.4 is 0 Å². The SMILES string of the molecule is CC(C)=C[C@H]1C[C@](C)(O)[C@H]2[C@@H](C[C@@]3(C)[C@@H]4CC=C5[C@@H](C[C@H](O[C@@H]6O[C@H](CO)[C@@H](O)[C@H](O)[C@H]6O[C@@H]6O[C@@H](C)[C@H](O)[C@@H](O)[C@H]6O)C(=O)C5(C)C)[C@]4(C)C(=O)C[C@]23C)O1. The number of hydrogen-bond donors (Lipinski definition) is 7. The van der Waals surface area contributed by atoms with Gasteiger partial charge in [0.25, 0.3) is 0 Å². The van der Waals surface area contributed by atoms with Gasteiger partial charge in [0, 0.05) is 29.6 Å². The molecular weight excluding hydrogens is 728 g/mol. The molecule has 20 atom stereocenters. The monoisotopic (exact) mass is 792 g/mol. The van der Waals surface area contributed by atoms with E-state index in [1.165, 1.54) is 6.92 Å². The lowest BCUT2D eigenvalue weighted by Gasteiger charge is -2.65. The van der Waals surface area contributed by atoms with Crippen LogP contribution in [0.2, 0.25) is 0 Å². The zero-order chi connectivity index (χ0) is 41.2. The van der Waals surface area contributed by atoms with Crippen molar-refractivity contribution in [2.24, 2.45) is 39.4 Å². The van der Waals surface area contributed by atoms with Crippen LogP contribution in [-0.2, 0) is 33.3 Å². The predicted molar refractivity (Wildman–Crippen MR) is 198 cm³/mol. The fourth-order valence-corrected chi connectivity index (χ4v) is 12.7. The highest BCUT2D eigenvalue weighted by Gasteiger charge is 2.75. The number of aliphatic hydroxyl groups is 7. The second-order valence-electron chi connectivity index (χ2n) is 19.8. The molecule has 7 aliphatic rings. The van der Waals surface area contributed by atoms with E-state index >= 15 is 4.79 Å². The molecule has 0 aromatic heterocycles. The number of ketones is 2. The number of carbonyl (C=O) groups is 2. The van der Waals surface area contributed by atoms with Crippen molar-refractivity contribution in [2.75, 3.05) is 6.61 Å². The second kappa shape index (κ2) is 14.2. The van der Waals surface area contributed by atoms with Gasteiger partial charge >= 0.3 is 0 Å². The van der Waals surface area contributed by atoms with E-state index in [1.54, 1.807) is 0 Å². The third kappa shape index (κ3) is 6.19. The van der Waals surface area contributed by atoms with Crippen LogP contribution in [0.1, 0.15) is 94.4 Å². The molecule has 14 heteroatoms. The highest BCUT2D eigenvalue weighted by molar-refractivity contribution is 5.95. The molecule has 3 saturated heterocycles. The molecule has 3 aliphatic heterocycles. The van der Waals surface area contributed by atoms with Crippen molar-refractivity contribution in [1.29, 1.82) is 0 Å². The number of ether oxygens (including phenoxy) is 5. The zero-order valence-corrected chi connectivity index (χ0v) is 34.1. The maximum Gasteiger partial charge on any atom is 0.187 e. The van der Waals surface area contributed by atoms with Crippen molar-refractivity contribution in [3.8, 4) is 0 Å². The maximum absolute atomic E-state index is 15.0. The molecule has 316 valence electrons. The van der Waals surface area contributed by atoms with E-state index in [-0.39, 0.29) is 48.5 Å². The number of aliphatic hydroxyl groups excluding tert-OH is 6. The number of fused-ring (bicyclic) bond motifs is 7. The molecular formula is C42H64O14. The van der Waals surface area contributed by atoms with Crippen molar-refractivity contribution >= 4 is 11.6 Å². The van der Waals surface area contributed by atoms with E-state index < -0.39 is 107 Å². The van der Waals surface area contributed by atoms with Gasteiger partial charge in [0.05, 0.1) is 30.5 Å². The summed E-state index contributed by atoms with van der Waals surface area (Å²) in [5.74, 6) is -1.06. The molecule has 3 heterocycles. The molecule has 6 fully saturated rings. The van der Waals surface area contributed by atoms with Crippen LogP contribution in [0.3, 0.4) is 0 Å². The number of hydrogen-bond acceptors (Lipinski definition) is 14. The number of Topliss-reactive ketones (excluding diaryl/α,β-unsaturated/α-hetero) is 2. The topological polar surface area (TPSA) is 222 Å². The number of rotatable bonds is 6. The Kier molecular flexibility index (Phi) is 10.8. The van der Waals surface area contributed by atoms with Crippen molar-refractivity contribution < 1.29 is 69.0 Å². The molecule has 14 nitrogen and oxygen atoms in total. The molecule has 0 amide bonds. The van der Waals surface area contributed by atoms with Crippen molar-refractivity contribution in [1.82, 2.24) is 0 Å². The van der Waals surface area contributed by atoms with Crippen molar-refractivity contribution in [3.63, 3.8) is 0 Å². The Bertz CT molecular complexity index is 1620. The van der Waals surface area contributed by atoms with Crippen LogP contribution in [0.4, 0.5) is 0 Å². The average Bonchev–Trinajstić information content (AvgIpc) is 3.34. The molecule has 0 unspecified atom stereocenters. The van der Waals surface area contributed by atoms with E-state index in [0.29, 0.717) is 19.3 Å². The molecule has 3 saturated carbocycles. The van der Waals surface area contributed by atoms with E-state index in [4.69, 9.17) is 23.7 Å². The van der Waals surface area contributed by atoms with Crippen molar-refractivity contribution in [2.45, 2.75) is 180 Å². The Labute approximate surface area is 329 Å². The molecule has 4 aliphatic carbocycles. The standard InChI is InChI=1S/C42H64O14/c1-18(2)12-20-14-41(8,51)34-24(53-20)15-39(6)26-11-10-21-22(42(26,9)27(44)16-40(34,39)7)13-23(35(50)38(21,4)5)54-37-33(31(48)29(46)25(17-43)55-37)56-36-32(49)30(47)28(45)19(3)52-36/h10,12,19-20,22-26,28-34,36-37,43,45-49,51H,11,13-17H2,1-9H3/t19-,20-,22+,23-,24+,25+,26-,28-,29+,30+,31-,32+,33+,34-,36-,37+,39-,40+,41-,42-/m0/s1. The fraction of sp³-hybridized carbons (Fsp3) is 0.857. The average molecular weight is 793 g/mol. The van der Waals surface area contributed by atoms with Crippen LogP contribution in [0.25, 0.3) is 0 Å². The zero-order valence-electron chi connectivity index (χ0n) is 34.1. The Hall–Kier alpha value is -1.66. The minimum absolute atomic E-state index is 0.0668. The molecule has 7 N–H and O–H groups in total. The number of allylic oxidation sites excluding steroid dienone is 3. The van der Waals surface area contributed by atoms with Gasteiger partial charge in [0.2, 0.25) is 0 Å². The first kappa shape index (κ1) is 42.5. The third-order valence-electron chi connectivity index (χ3n) is 15.7. The first-order chi connectivity index (χ1) is 25.9.